The number of hydrogen-bond donors (Lipinski definition) is 3. The van der Waals surface area contributed by atoms with Crippen LogP contribution in [0.25, 0.3) is 22.5 Å². The minimum Gasteiger partial charge on any atom is -0.507 e. The molecule has 11 heteroatoms. The number of rotatable bonds is 4. The summed E-state index contributed by atoms with van der Waals surface area (Å²) in [6, 6.07) is 5.29. The summed E-state index contributed by atoms with van der Waals surface area (Å²) in [6.45, 7) is 3.02. The molecule has 1 aliphatic heterocycles. The number of urea groups is 1. The minimum absolute atomic E-state index is 0.0683. The van der Waals surface area contributed by atoms with Crippen molar-refractivity contribution >= 4 is 32.7 Å². The van der Waals surface area contributed by atoms with E-state index in [0.29, 0.717) is 22.1 Å². The van der Waals surface area contributed by atoms with Crippen LogP contribution >= 0.6 is 0 Å². The second-order valence-electron chi connectivity index (χ2n) is 6.95. The maximum absolute atomic E-state index is 12.5. The fourth-order valence-electron chi connectivity index (χ4n) is 3.23. The molecule has 10 nitrogen and oxygen atoms in total. The Labute approximate surface area is 169 Å². The Morgan fingerprint density at radius 2 is 1.80 bits per heavy atom. The van der Waals surface area contributed by atoms with E-state index in [4.69, 9.17) is 8.83 Å². The van der Waals surface area contributed by atoms with Crippen molar-refractivity contribution in [3.05, 3.63) is 51.4 Å². The Kier molecular flexibility index (Phi) is 4.42. The SMILES string of the molecule is Cc1c(-c2cc3cc(CS(=O)(=O)C4NC(=O)NC4=O)ccc3o2)oc(=O)c(C)c1O. The molecule has 1 unspecified atom stereocenters. The molecule has 0 bridgehead atoms. The predicted molar refractivity (Wildman–Crippen MR) is 104 cm³/mol. The number of hydrogen-bond acceptors (Lipinski definition) is 8. The molecule has 1 atom stereocenters. The Hall–Kier alpha value is -3.60. The molecule has 0 aliphatic carbocycles. The van der Waals surface area contributed by atoms with Gasteiger partial charge in [0.15, 0.2) is 21.4 Å². The van der Waals surface area contributed by atoms with E-state index in [0.717, 1.165) is 0 Å². The molecule has 0 radical (unpaired) electrons. The van der Waals surface area contributed by atoms with Crippen molar-refractivity contribution in [2.24, 2.45) is 0 Å². The van der Waals surface area contributed by atoms with E-state index >= 15 is 0 Å². The van der Waals surface area contributed by atoms with Gasteiger partial charge in [-0.15, -0.1) is 0 Å². The molecule has 3 heterocycles. The summed E-state index contributed by atoms with van der Waals surface area (Å²) in [5.41, 5.74) is 0.492. The van der Waals surface area contributed by atoms with Gasteiger partial charge in [0.25, 0.3) is 5.91 Å². The van der Waals surface area contributed by atoms with Gasteiger partial charge in [-0.05, 0) is 37.6 Å². The summed E-state index contributed by atoms with van der Waals surface area (Å²) in [7, 11) is -4.00. The summed E-state index contributed by atoms with van der Waals surface area (Å²) in [4.78, 5) is 34.8. The fourth-order valence-corrected chi connectivity index (χ4v) is 4.71. The van der Waals surface area contributed by atoms with E-state index < -0.39 is 38.5 Å². The number of furan rings is 1. The van der Waals surface area contributed by atoms with Crippen LogP contribution in [0, 0.1) is 13.8 Å². The number of benzene rings is 1. The molecule has 3 N–H and O–H groups in total. The van der Waals surface area contributed by atoms with Gasteiger partial charge in [-0.1, -0.05) is 6.07 Å². The Balaban J connectivity index is 1.70. The van der Waals surface area contributed by atoms with Gasteiger partial charge >= 0.3 is 11.7 Å². The molecule has 0 saturated carbocycles. The lowest BCUT2D eigenvalue weighted by Gasteiger charge is -2.09. The first-order valence-electron chi connectivity index (χ1n) is 8.76. The van der Waals surface area contributed by atoms with E-state index in [9.17, 15) is 27.9 Å². The summed E-state index contributed by atoms with van der Waals surface area (Å²) >= 11 is 0. The van der Waals surface area contributed by atoms with Crippen molar-refractivity contribution in [1.29, 1.82) is 0 Å². The number of amides is 3. The molecule has 3 aromatic rings. The van der Waals surface area contributed by atoms with Crippen molar-refractivity contribution in [1.82, 2.24) is 10.6 Å². The largest absolute Gasteiger partial charge is 0.507 e. The lowest BCUT2D eigenvalue weighted by molar-refractivity contribution is -0.118. The second kappa shape index (κ2) is 6.73. The fraction of sp³-hybridized carbons (Fsp3) is 0.211. The standard InChI is InChI=1S/C19H16N2O8S/c1-8-14(22)9(2)18(24)29-15(8)13-6-11-5-10(3-4-12(11)28-13)7-30(26,27)17-16(23)20-19(25)21-17/h3-6,17,22H,7H2,1-2H3,(H2,20,21,23,25). The van der Waals surface area contributed by atoms with Crippen LogP contribution in [0.3, 0.4) is 0 Å². The smallest absolute Gasteiger partial charge is 0.343 e. The molecule has 156 valence electrons. The van der Waals surface area contributed by atoms with Gasteiger partial charge in [-0.2, -0.15) is 0 Å². The van der Waals surface area contributed by atoms with E-state index in [1.807, 2.05) is 5.32 Å². The number of fused-ring (bicyclic) bond motifs is 1. The zero-order valence-corrected chi connectivity index (χ0v) is 16.6. The van der Waals surface area contributed by atoms with Crippen molar-refractivity contribution < 1.29 is 31.9 Å². The first-order valence-corrected chi connectivity index (χ1v) is 10.5. The molecular weight excluding hydrogens is 416 g/mol. The highest BCUT2D eigenvalue weighted by atomic mass is 32.2. The van der Waals surface area contributed by atoms with Crippen LogP contribution < -0.4 is 16.3 Å². The molecule has 1 fully saturated rings. The Morgan fingerprint density at radius 1 is 1.07 bits per heavy atom. The Bertz CT molecular complexity index is 1380. The first kappa shape index (κ1) is 19.7. The summed E-state index contributed by atoms with van der Waals surface area (Å²) in [5, 5.41) is 12.9. The normalized spacial score (nSPS) is 16.7. The maximum Gasteiger partial charge on any atom is 0.343 e. The molecule has 4 rings (SSSR count). The number of sulfone groups is 1. The van der Waals surface area contributed by atoms with Crippen LogP contribution in [-0.4, -0.2) is 30.8 Å². The van der Waals surface area contributed by atoms with Crippen LogP contribution in [-0.2, 0) is 20.4 Å². The summed E-state index contributed by atoms with van der Waals surface area (Å²) < 4.78 is 35.9. The molecule has 2 aromatic heterocycles. The molecular formula is C19H16N2O8S. The van der Waals surface area contributed by atoms with Crippen LogP contribution in [0.5, 0.6) is 5.75 Å². The van der Waals surface area contributed by atoms with Gasteiger partial charge in [0, 0.05) is 10.9 Å². The molecule has 3 amide bonds. The lowest BCUT2D eigenvalue weighted by Crippen LogP contribution is -2.38. The first-order chi connectivity index (χ1) is 14.1. The van der Waals surface area contributed by atoms with Gasteiger partial charge in [-0.3, -0.25) is 10.1 Å². The van der Waals surface area contributed by atoms with E-state index in [-0.39, 0.29) is 22.8 Å². The van der Waals surface area contributed by atoms with Crippen molar-refractivity contribution in [3.63, 3.8) is 0 Å². The van der Waals surface area contributed by atoms with Crippen LogP contribution in [0.4, 0.5) is 4.79 Å². The molecule has 1 saturated heterocycles. The van der Waals surface area contributed by atoms with Crippen molar-refractivity contribution in [2.45, 2.75) is 25.0 Å². The number of imide groups is 1. The van der Waals surface area contributed by atoms with Crippen LogP contribution in [0.15, 0.2) is 37.9 Å². The third kappa shape index (κ3) is 3.22. The van der Waals surface area contributed by atoms with Gasteiger partial charge in [0.2, 0.25) is 5.37 Å². The highest BCUT2D eigenvalue weighted by molar-refractivity contribution is 7.92. The minimum atomic E-state index is -4.00. The van der Waals surface area contributed by atoms with Crippen molar-refractivity contribution in [2.75, 3.05) is 0 Å². The lowest BCUT2D eigenvalue weighted by atomic mass is 10.1. The van der Waals surface area contributed by atoms with E-state index in [2.05, 4.69) is 5.32 Å². The van der Waals surface area contributed by atoms with Crippen LogP contribution in [0.1, 0.15) is 16.7 Å². The average molecular weight is 432 g/mol. The highest BCUT2D eigenvalue weighted by Gasteiger charge is 2.40. The van der Waals surface area contributed by atoms with Crippen molar-refractivity contribution in [3.8, 4) is 17.3 Å². The quantitative estimate of drug-likeness (QED) is 0.523. The van der Waals surface area contributed by atoms with Crippen LogP contribution in [0.2, 0.25) is 0 Å². The number of carbonyl (C=O) groups excluding carboxylic acids is 2. The van der Waals surface area contributed by atoms with E-state index in [1.165, 1.54) is 13.0 Å². The molecule has 0 spiro atoms. The third-order valence-corrected chi connectivity index (χ3v) is 6.61. The summed E-state index contributed by atoms with van der Waals surface area (Å²) in [6.07, 6.45) is 0. The van der Waals surface area contributed by atoms with E-state index in [1.54, 1.807) is 25.1 Å². The molecule has 1 aliphatic rings. The van der Waals surface area contributed by atoms with Gasteiger partial charge in [-0.25, -0.2) is 18.0 Å². The predicted octanol–water partition coefficient (Wildman–Crippen LogP) is 1.46. The summed E-state index contributed by atoms with van der Waals surface area (Å²) in [5.74, 6) is -1.33. The number of aromatic hydroxyl groups is 1. The number of carbonyl (C=O) groups is 2. The maximum atomic E-state index is 12.5. The second-order valence-corrected chi connectivity index (χ2v) is 9.04. The third-order valence-electron chi connectivity index (χ3n) is 4.82. The number of nitrogens with one attached hydrogen (secondary N) is 2. The van der Waals surface area contributed by atoms with Gasteiger partial charge < -0.3 is 19.3 Å². The highest BCUT2D eigenvalue weighted by Crippen LogP contribution is 2.34. The van der Waals surface area contributed by atoms with Gasteiger partial charge in [0.1, 0.15) is 11.3 Å². The zero-order valence-electron chi connectivity index (χ0n) is 15.8. The average Bonchev–Trinajstić information content (AvgIpc) is 3.25. The topological polar surface area (TPSA) is 156 Å². The zero-order chi connectivity index (χ0) is 21.8. The monoisotopic (exact) mass is 432 g/mol. The van der Waals surface area contributed by atoms with Gasteiger partial charge in [0.05, 0.1) is 11.3 Å². The molecule has 1 aromatic carbocycles. The Morgan fingerprint density at radius 3 is 2.47 bits per heavy atom. The molecule has 30 heavy (non-hydrogen) atoms.